The van der Waals surface area contributed by atoms with Crippen molar-refractivity contribution < 1.29 is 18.4 Å². The van der Waals surface area contributed by atoms with Crippen LogP contribution < -0.4 is 4.90 Å². The maximum atomic E-state index is 13.3. The van der Waals surface area contributed by atoms with E-state index < -0.39 is 5.82 Å². The van der Waals surface area contributed by atoms with Crippen molar-refractivity contribution >= 4 is 17.4 Å². The number of carbonyl (C=O) groups is 2. The van der Waals surface area contributed by atoms with Gasteiger partial charge in [-0.2, -0.15) is 0 Å². The molecule has 0 radical (unpaired) electrons. The van der Waals surface area contributed by atoms with Gasteiger partial charge in [-0.25, -0.2) is 8.78 Å². The van der Waals surface area contributed by atoms with Crippen LogP contribution in [0, 0.1) is 24.5 Å². The number of anilines is 1. The summed E-state index contributed by atoms with van der Waals surface area (Å²) < 4.78 is 26.4. The number of amides is 1. The monoisotopic (exact) mass is 405 g/mol. The number of hydrogen-bond acceptors (Lipinski definition) is 2. The van der Waals surface area contributed by atoms with Crippen LogP contribution in [0.1, 0.15) is 40.4 Å². The maximum Gasteiger partial charge on any atom is 0.233 e. The first-order valence-corrected chi connectivity index (χ1v) is 9.88. The molecule has 1 aliphatic heterocycles. The maximum absolute atomic E-state index is 13.3. The van der Waals surface area contributed by atoms with Crippen LogP contribution >= 0.6 is 0 Å². The molecule has 1 unspecified atom stereocenters. The Labute approximate surface area is 174 Å². The standard InChI is InChI=1S/C25H21F2NO2/c1-16-2-4-18(5-3-16)24-22(14-15-23(29)17-6-8-19(26)9-7-17)25(30)28(24)21-12-10-20(27)11-13-21/h2-13,22,24H,14-15H2,1H3/t22?,24-/m1/s1. The van der Waals surface area contributed by atoms with Crippen LogP contribution in [0.25, 0.3) is 0 Å². The van der Waals surface area contributed by atoms with Gasteiger partial charge in [-0.15, -0.1) is 0 Å². The van der Waals surface area contributed by atoms with E-state index in [1.165, 1.54) is 36.4 Å². The van der Waals surface area contributed by atoms with Crippen molar-refractivity contribution in [1.82, 2.24) is 0 Å². The van der Waals surface area contributed by atoms with Crippen molar-refractivity contribution in [3.8, 4) is 0 Å². The number of benzene rings is 3. The van der Waals surface area contributed by atoms with E-state index in [1.807, 2.05) is 31.2 Å². The van der Waals surface area contributed by atoms with Gasteiger partial charge in [-0.1, -0.05) is 29.8 Å². The molecule has 1 amide bonds. The molecule has 1 heterocycles. The van der Waals surface area contributed by atoms with E-state index in [0.717, 1.165) is 11.1 Å². The molecule has 1 fully saturated rings. The summed E-state index contributed by atoms with van der Waals surface area (Å²) in [6.07, 6.45) is 0.590. The molecule has 5 heteroatoms. The predicted molar refractivity (Wildman–Crippen MR) is 111 cm³/mol. The summed E-state index contributed by atoms with van der Waals surface area (Å²) in [5.41, 5.74) is 3.16. The number of ketones is 1. The average Bonchev–Trinajstić information content (AvgIpc) is 2.74. The highest BCUT2D eigenvalue weighted by Gasteiger charge is 2.48. The van der Waals surface area contributed by atoms with Gasteiger partial charge in [0.1, 0.15) is 11.6 Å². The van der Waals surface area contributed by atoms with Crippen molar-refractivity contribution in [2.75, 3.05) is 4.90 Å². The molecule has 30 heavy (non-hydrogen) atoms. The highest BCUT2D eigenvalue weighted by Crippen LogP contribution is 2.45. The first-order valence-electron chi connectivity index (χ1n) is 9.88. The number of hydrogen-bond donors (Lipinski definition) is 0. The minimum Gasteiger partial charge on any atom is -0.304 e. The van der Waals surface area contributed by atoms with E-state index in [0.29, 0.717) is 17.7 Å². The second-order valence-electron chi connectivity index (χ2n) is 7.62. The van der Waals surface area contributed by atoms with Crippen molar-refractivity contribution in [2.24, 2.45) is 5.92 Å². The zero-order valence-electron chi connectivity index (χ0n) is 16.5. The first-order chi connectivity index (χ1) is 14.4. The lowest BCUT2D eigenvalue weighted by molar-refractivity contribution is -0.130. The van der Waals surface area contributed by atoms with E-state index in [4.69, 9.17) is 0 Å². The smallest absolute Gasteiger partial charge is 0.233 e. The summed E-state index contributed by atoms with van der Waals surface area (Å²) >= 11 is 0. The van der Waals surface area contributed by atoms with Gasteiger partial charge < -0.3 is 4.90 Å². The highest BCUT2D eigenvalue weighted by atomic mass is 19.1. The predicted octanol–water partition coefficient (Wildman–Crippen LogP) is 5.64. The lowest BCUT2D eigenvalue weighted by Crippen LogP contribution is -2.55. The largest absolute Gasteiger partial charge is 0.304 e. The first kappa shape index (κ1) is 20.0. The van der Waals surface area contributed by atoms with Gasteiger partial charge in [-0.05, 0) is 67.4 Å². The summed E-state index contributed by atoms with van der Waals surface area (Å²) in [7, 11) is 0. The van der Waals surface area contributed by atoms with E-state index in [9.17, 15) is 18.4 Å². The van der Waals surface area contributed by atoms with E-state index in [2.05, 4.69) is 0 Å². The zero-order chi connectivity index (χ0) is 21.3. The highest BCUT2D eigenvalue weighted by molar-refractivity contribution is 6.04. The topological polar surface area (TPSA) is 37.4 Å². The van der Waals surface area contributed by atoms with Crippen molar-refractivity contribution in [1.29, 1.82) is 0 Å². The summed E-state index contributed by atoms with van der Waals surface area (Å²) in [6.45, 7) is 1.99. The van der Waals surface area contributed by atoms with Crippen LogP contribution in [0.4, 0.5) is 14.5 Å². The Bertz CT molecular complexity index is 1060. The third kappa shape index (κ3) is 3.88. The Morgan fingerprint density at radius 3 is 2.03 bits per heavy atom. The Kier molecular flexibility index (Phi) is 5.44. The Morgan fingerprint density at radius 2 is 1.43 bits per heavy atom. The zero-order valence-corrected chi connectivity index (χ0v) is 16.5. The number of nitrogens with zero attached hydrogens (tertiary/aromatic N) is 1. The fourth-order valence-corrected chi connectivity index (χ4v) is 3.93. The van der Waals surface area contributed by atoms with Crippen LogP contribution in [-0.4, -0.2) is 11.7 Å². The number of rotatable bonds is 6. The van der Waals surface area contributed by atoms with Crippen LogP contribution in [-0.2, 0) is 4.79 Å². The number of β-lactam (4-membered cyclic amide) rings is 1. The molecule has 0 bridgehead atoms. The van der Waals surface area contributed by atoms with Gasteiger partial charge in [0.2, 0.25) is 5.91 Å². The molecule has 0 aliphatic carbocycles. The number of halogens is 2. The molecule has 2 atom stereocenters. The minimum absolute atomic E-state index is 0.0842. The van der Waals surface area contributed by atoms with Crippen molar-refractivity contribution in [3.05, 3.63) is 101 Å². The summed E-state index contributed by atoms with van der Waals surface area (Å²) in [6, 6.07) is 19.0. The second kappa shape index (κ2) is 8.19. The quantitative estimate of drug-likeness (QED) is 0.393. The molecule has 152 valence electrons. The fraction of sp³-hybridized carbons (Fsp3) is 0.200. The van der Waals surface area contributed by atoms with Crippen LogP contribution in [0.15, 0.2) is 72.8 Å². The summed E-state index contributed by atoms with van der Waals surface area (Å²) in [5, 5.41) is 0. The van der Waals surface area contributed by atoms with E-state index >= 15 is 0 Å². The molecule has 3 aromatic rings. The minimum atomic E-state index is -0.393. The molecule has 1 aliphatic rings. The van der Waals surface area contributed by atoms with E-state index in [-0.39, 0.29) is 35.9 Å². The van der Waals surface area contributed by atoms with Gasteiger partial charge >= 0.3 is 0 Å². The van der Waals surface area contributed by atoms with Crippen LogP contribution in [0.2, 0.25) is 0 Å². The number of carbonyl (C=O) groups excluding carboxylic acids is 2. The number of Topliss-reactive ketones (excluding diaryl/α,β-unsaturated/α-hetero) is 1. The van der Waals surface area contributed by atoms with Gasteiger partial charge in [-0.3, -0.25) is 9.59 Å². The second-order valence-corrected chi connectivity index (χ2v) is 7.62. The molecule has 0 spiro atoms. The Morgan fingerprint density at radius 1 is 0.867 bits per heavy atom. The Hall–Kier alpha value is -3.34. The van der Waals surface area contributed by atoms with Crippen molar-refractivity contribution in [2.45, 2.75) is 25.8 Å². The molecule has 4 rings (SSSR count). The molecular formula is C25H21F2NO2. The van der Waals surface area contributed by atoms with Gasteiger partial charge in [0, 0.05) is 17.7 Å². The average molecular weight is 405 g/mol. The van der Waals surface area contributed by atoms with Crippen molar-refractivity contribution in [3.63, 3.8) is 0 Å². The van der Waals surface area contributed by atoms with E-state index in [1.54, 1.807) is 17.0 Å². The molecule has 0 N–H and O–H groups in total. The molecule has 3 aromatic carbocycles. The summed E-state index contributed by atoms with van der Waals surface area (Å²) in [5.74, 6) is -1.30. The summed E-state index contributed by atoms with van der Waals surface area (Å²) in [4.78, 5) is 27.1. The van der Waals surface area contributed by atoms with Gasteiger partial charge in [0.25, 0.3) is 0 Å². The lowest BCUT2D eigenvalue weighted by atomic mass is 9.78. The van der Waals surface area contributed by atoms with Gasteiger partial charge in [0.15, 0.2) is 5.78 Å². The van der Waals surface area contributed by atoms with Gasteiger partial charge in [0.05, 0.1) is 12.0 Å². The fourth-order valence-electron chi connectivity index (χ4n) is 3.93. The van der Waals surface area contributed by atoms with Crippen LogP contribution in [0.5, 0.6) is 0 Å². The number of aryl methyl sites for hydroxylation is 1. The molecule has 0 saturated carbocycles. The molecule has 3 nitrogen and oxygen atoms in total. The SMILES string of the molecule is Cc1ccc([C@@H]2C(CCC(=O)c3ccc(F)cc3)C(=O)N2c2ccc(F)cc2)cc1. The normalized spacial score (nSPS) is 18.2. The molecule has 1 saturated heterocycles. The van der Waals surface area contributed by atoms with Crippen LogP contribution in [0.3, 0.4) is 0 Å². The molecule has 0 aromatic heterocycles. The Balaban J connectivity index is 1.55. The third-order valence-electron chi connectivity index (χ3n) is 5.59. The third-order valence-corrected chi connectivity index (χ3v) is 5.59. The lowest BCUT2D eigenvalue weighted by Gasteiger charge is -2.47. The molecular weight excluding hydrogens is 384 g/mol.